The van der Waals surface area contributed by atoms with Crippen molar-refractivity contribution in [3.8, 4) is 0 Å². The van der Waals surface area contributed by atoms with E-state index in [9.17, 15) is 125 Å². The second-order valence-electron chi connectivity index (χ2n) is 29.6. The lowest BCUT2D eigenvalue weighted by Gasteiger charge is -2.26. The Morgan fingerprint density at radius 2 is 0.477 bits per heavy atom. The van der Waals surface area contributed by atoms with Gasteiger partial charge in [0.2, 0.25) is 82.7 Å². The molecule has 0 bridgehead atoms. The number of carbonyl (C=O) groups excluding carboxylic acids is 14. The second-order valence-corrected chi connectivity index (χ2v) is 30.0. The van der Waals surface area contributed by atoms with Crippen LogP contribution in [0.3, 0.4) is 0 Å². The number of aromatic nitrogens is 12. The van der Waals surface area contributed by atoms with Gasteiger partial charge in [-0.1, -0.05) is 6.42 Å². The van der Waals surface area contributed by atoms with Crippen molar-refractivity contribution >= 4 is 95.3 Å². The topological polar surface area (TPSA) is 684 Å². The van der Waals surface area contributed by atoms with Gasteiger partial charge in [-0.2, -0.15) is 12.6 Å². The summed E-state index contributed by atoms with van der Waals surface area (Å²) in [5.41, 5.74) is -10.8. The Balaban J connectivity index is 1.18. The molecule has 7 rings (SSSR count). The summed E-state index contributed by atoms with van der Waals surface area (Å²) in [6.07, 6.45) is 7.19. The number of aryl methyl sites for hydroxylation is 6. The van der Waals surface area contributed by atoms with E-state index in [2.05, 4.69) is 70.1 Å². The van der Waals surface area contributed by atoms with Crippen LogP contribution in [-0.2, 0) is 106 Å². The molecule has 0 aromatic carbocycles. The number of nitrogens with one attached hydrogen (secondary N) is 14. The van der Waals surface area contributed by atoms with Crippen molar-refractivity contribution in [3.63, 3.8) is 0 Å². The van der Waals surface area contributed by atoms with Crippen LogP contribution in [0.1, 0.15) is 59.1 Å². The number of thiol groups is 1. The molecule has 0 radical (unpaired) electrons. The fourth-order valence-corrected chi connectivity index (χ4v) is 12.6. The van der Waals surface area contributed by atoms with Gasteiger partial charge in [0.05, 0.1) is 39.3 Å². The first kappa shape index (κ1) is 100. The van der Waals surface area contributed by atoms with E-state index in [1.54, 1.807) is 0 Å². The number of nitrogens with zero attached hydrogens (tertiary/aromatic N) is 12. The Bertz CT molecular complexity index is 5980. The lowest BCUT2D eigenvalue weighted by molar-refractivity contribution is -0.138. The average Bonchev–Trinajstić information content (AvgIpc) is 0.917. The molecule has 1 aliphatic rings. The van der Waals surface area contributed by atoms with E-state index in [4.69, 9.17) is 0 Å². The average molecular weight is 1810 g/mol. The number of H-pyrrole nitrogens is 6. The van der Waals surface area contributed by atoms with Crippen LogP contribution in [0.15, 0.2) is 94.7 Å². The zero-order chi connectivity index (χ0) is 94.3. The van der Waals surface area contributed by atoms with Crippen LogP contribution >= 0.6 is 12.6 Å². The molecule has 1 aliphatic heterocycles. The summed E-state index contributed by atoms with van der Waals surface area (Å²) in [7, 11) is 0. The van der Waals surface area contributed by atoms with Crippen LogP contribution in [0, 0.1) is 41.5 Å². The Hall–Kier alpha value is -15.0. The number of amides is 14. The van der Waals surface area contributed by atoms with E-state index in [1.165, 1.54) is 41.5 Å². The monoisotopic (exact) mass is 1810 g/mol. The maximum Gasteiger partial charge on any atom is 0.328 e. The summed E-state index contributed by atoms with van der Waals surface area (Å²) in [5.74, 6) is -13.0. The predicted molar refractivity (Wildman–Crippen MR) is 451 cm³/mol. The fourth-order valence-electron chi connectivity index (χ4n) is 12.4. The van der Waals surface area contributed by atoms with Crippen molar-refractivity contribution in [2.24, 2.45) is 0 Å². The standard InChI is InChI=1S/C75H100N26O26S/c1-43-24-96(70(122)84-63(43)115)36-57(109)90-18-12-76-50(102)10-8-7-9-11-82-69(121)49(42-128)83-56(108)35-95(62(114)41-101-29-48(6)68(120)89-75(101)127)23-17-81-55(107)34-94(61(113)40-100-28-47(5)67(119)88-74(100)126)22-16-80-54(106)33-93(60(112)39-99-27-46(4)66(118)87-73(99)125)21-15-79-53(105)32-92(59(111)38-98-26-45(3)65(117)86-72(98)124)20-14-78-52(104)31-91(19-13-77-51(103)30-90)58(110)37-97-25-44(2)64(116)85-71(97)123/h24-29,49,128H,7-23,30-42H2,1-6H3,(H,76,102)(H,77,103)(H,78,104)(H,79,105)(H,80,106)(H,81,107)(H,82,121)(H,83,108)(H,84,115,122)(H,85,116,123)(H,86,117,124)(H,87,118,125)(H,88,119,126)(H,89,120,127). The minimum Gasteiger partial charge on any atom is -0.354 e. The number of hydrogen-bond donors (Lipinski definition) is 15. The first-order chi connectivity index (χ1) is 60.6. The summed E-state index contributed by atoms with van der Waals surface area (Å²) < 4.78 is 4.95. The molecule has 14 N–H and O–H groups in total. The van der Waals surface area contributed by atoms with Crippen molar-refractivity contribution in [3.05, 3.63) is 196 Å². The van der Waals surface area contributed by atoms with E-state index >= 15 is 0 Å². The van der Waals surface area contributed by atoms with E-state index in [1.807, 2.05) is 15.0 Å². The summed E-state index contributed by atoms with van der Waals surface area (Å²) in [6.45, 7) is -7.81. The van der Waals surface area contributed by atoms with Crippen molar-refractivity contribution < 1.29 is 67.1 Å². The molecule has 1 fully saturated rings. The lowest BCUT2D eigenvalue weighted by atomic mass is 10.2. The smallest absolute Gasteiger partial charge is 0.328 e. The summed E-state index contributed by atoms with van der Waals surface area (Å²) >= 11 is 4.23. The molecule has 52 nitrogen and oxygen atoms in total. The molecule has 14 amide bonds. The third-order valence-electron chi connectivity index (χ3n) is 19.5. The molecule has 128 heavy (non-hydrogen) atoms. The normalized spacial score (nSPS) is 16.3. The molecular formula is C75H100N26O26S. The maximum absolute atomic E-state index is 14.2. The van der Waals surface area contributed by atoms with Gasteiger partial charge in [0.15, 0.2) is 0 Å². The van der Waals surface area contributed by atoms with Gasteiger partial charge in [-0.3, -0.25) is 153 Å². The fraction of sp³-hybridized carbons (Fsp3) is 0.493. The van der Waals surface area contributed by atoms with Gasteiger partial charge in [-0.05, 0) is 54.4 Å². The first-order valence-corrected chi connectivity index (χ1v) is 40.5. The van der Waals surface area contributed by atoms with Gasteiger partial charge >= 0.3 is 34.1 Å². The Kier molecular flexibility index (Phi) is 37.3. The Morgan fingerprint density at radius 3 is 0.688 bits per heavy atom. The van der Waals surface area contributed by atoms with Gasteiger partial charge < -0.3 is 71.9 Å². The van der Waals surface area contributed by atoms with Crippen molar-refractivity contribution in [2.75, 3.05) is 130 Å². The third-order valence-corrected chi connectivity index (χ3v) is 19.9. The highest BCUT2D eigenvalue weighted by molar-refractivity contribution is 7.80. The van der Waals surface area contributed by atoms with Crippen molar-refractivity contribution in [2.45, 2.75) is 113 Å². The Morgan fingerprint density at radius 1 is 0.273 bits per heavy atom. The lowest BCUT2D eigenvalue weighted by Crippen LogP contribution is -2.53. The highest BCUT2D eigenvalue weighted by Crippen LogP contribution is 2.06. The molecule has 1 atom stereocenters. The van der Waals surface area contributed by atoms with Crippen LogP contribution in [0.5, 0.6) is 0 Å². The van der Waals surface area contributed by atoms with Gasteiger partial charge in [0.1, 0.15) is 45.3 Å². The largest absolute Gasteiger partial charge is 0.354 e. The Labute approximate surface area is 727 Å². The van der Waals surface area contributed by atoms with Crippen LogP contribution < -0.4 is 110 Å². The SMILES string of the molecule is Cc1cn(CC(=O)N2CCNC(=O)CCCCCNC(=O)C(CS)NC(=O)CN(C(=O)Cn3cc(C)c(=O)[nH]c3=O)CCNC(=O)CN(C(=O)Cn3cc(C)c(=O)[nH]c3=O)CCNC(=O)CN(C(=O)Cn3cc(C)c(=O)[nH]c3=O)CCNC(=O)CN(C(=O)Cn3cc(C)c(=O)[nH]c3=O)CCNC(=O)CN(C(=O)Cn3cc(C)c(=O)[nH]c3=O)CCNC(=O)C2)c(=O)[nH]c1=O. The van der Waals surface area contributed by atoms with Gasteiger partial charge in [0.25, 0.3) is 33.4 Å². The number of rotatable bonds is 13. The van der Waals surface area contributed by atoms with E-state index in [-0.39, 0.29) is 78.0 Å². The second kappa shape index (κ2) is 47.8. The summed E-state index contributed by atoms with van der Waals surface area (Å²) in [5, 5.41) is 20.3. The molecule has 692 valence electrons. The van der Waals surface area contributed by atoms with Crippen molar-refractivity contribution in [1.29, 1.82) is 0 Å². The molecule has 0 saturated carbocycles. The number of aromatic amines is 6. The molecule has 0 aliphatic carbocycles. The molecule has 1 unspecified atom stereocenters. The predicted octanol–water partition coefficient (Wildman–Crippen LogP) is -13.1. The minimum atomic E-state index is -1.34. The number of hydrogen-bond acceptors (Lipinski definition) is 27. The van der Waals surface area contributed by atoms with Crippen molar-refractivity contribution in [1.82, 2.24) is 129 Å². The zero-order valence-corrected chi connectivity index (χ0v) is 71.6. The summed E-state index contributed by atoms with van der Waals surface area (Å²) in [4.78, 5) is 364. The van der Waals surface area contributed by atoms with Gasteiger partial charge in [-0.25, -0.2) is 28.8 Å². The third kappa shape index (κ3) is 31.0. The molecule has 6 aromatic heterocycles. The van der Waals surface area contributed by atoms with Crippen LogP contribution in [0.2, 0.25) is 0 Å². The van der Waals surface area contributed by atoms with Gasteiger partial charge in [0, 0.05) is 168 Å². The number of carbonyl (C=O) groups is 14. The van der Waals surface area contributed by atoms with Gasteiger partial charge in [-0.15, -0.1) is 0 Å². The quantitative estimate of drug-likeness (QED) is 0.0478. The first-order valence-electron chi connectivity index (χ1n) is 39.8. The van der Waals surface area contributed by atoms with Crippen LogP contribution in [0.4, 0.5) is 0 Å². The minimum absolute atomic E-state index is 0.00326. The highest BCUT2D eigenvalue weighted by Gasteiger charge is 2.29. The van der Waals surface area contributed by atoms with E-state index in [0.29, 0.717) is 6.42 Å². The maximum atomic E-state index is 14.2. The molecule has 1 saturated heterocycles. The zero-order valence-electron chi connectivity index (χ0n) is 70.7. The molecule has 6 aromatic rings. The van der Waals surface area contributed by atoms with Crippen LogP contribution in [0.25, 0.3) is 0 Å². The van der Waals surface area contributed by atoms with Crippen LogP contribution in [-0.4, -0.2) is 306 Å². The molecule has 53 heteroatoms. The molecule has 7 heterocycles. The van der Waals surface area contributed by atoms with E-state index < -0.39 is 300 Å². The summed E-state index contributed by atoms with van der Waals surface area (Å²) in [6, 6.07) is -1.34. The molecule has 0 spiro atoms. The molecular weight excluding hydrogens is 1710 g/mol. The van der Waals surface area contributed by atoms with E-state index in [0.717, 1.165) is 94.0 Å². The highest BCUT2D eigenvalue weighted by atomic mass is 32.1.